The van der Waals surface area contributed by atoms with E-state index in [4.69, 9.17) is 0 Å². The molecule has 0 bridgehead atoms. The minimum atomic E-state index is -3.33. The van der Waals surface area contributed by atoms with E-state index >= 15 is 0 Å². The molecule has 4 rings (SSSR count). The van der Waals surface area contributed by atoms with E-state index in [9.17, 15) is 13.2 Å². The maximum absolute atomic E-state index is 11.8. The molecular weight excluding hydrogens is 340 g/mol. The van der Waals surface area contributed by atoms with Crippen LogP contribution in [-0.4, -0.2) is 30.5 Å². The average molecular weight is 354 g/mol. The molecule has 1 amide bonds. The molecule has 0 atom stereocenters. The second-order valence-electron chi connectivity index (χ2n) is 5.90. The van der Waals surface area contributed by atoms with Gasteiger partial charge < -0.3 is 10.6 Å². The van der Waals surface area contributed by atoms with Crippen molar-refractivity contribution in [1.82, 2.24) is 9.97 Å². The van der Waals surface area contributed by atoms with Gasteiger partial charge in [0.05, 0.1) is 16.8 Å². The number of anilines is 3. The third-order valence-electron chi connectivity index (χ3n) is 4.03. The normalized spacial score (nSPS) is 13.6. The Labute approximate surface area is 144 Å². The quantitative estimate of drug-likeness (QED) is 0.748. The summed E-state index contributed by atoms with van der Waals surface area (Å²) in [4.78, 5) is 20.1. The number of nitrogens with zero attached hydrogens (tertiary/aromatic N) is 2. The van der Waals surface area contributed by atoms with Gasteiger partial charge in [0.15, 0.2) is 9.84 Å². The van der Waals surface area contributed by atoms with Crippen LogP contribution in [0.2, 0.25) is 0 Å². The van der Waals surface area contributed by atoms with E-state index < -0.39 is 9.84 Å². The average Bonchev–Trinajstić information content (AvgIpc) is 2.93. The monoisotopic (exact) mass is 354 g/mol. The fourth-order valence-electron chi connectivity index (χ4n) is 2.81. The van der Waals surface area contributed by atoms with Crippen LogP contribution < -0.4 is 10.6 Å². The highest BCUT2D eigenvalue weighted by Gasteiger charge is 2.18. The highest BCUT2D eigenvalue weighted by atomic mass is 32.2. The van der Waals surface area contributed by atoms with Gasteiger partial charge in [-0.2, -0.15) is 0 Å². The first kappa shape index (κ1) is 15.5. The summed E-state index contributed by atoms with van der Waals surface area (Å²) < 4.78 is 23.6. The van der Waals surface area contributed by atoms with Gasteiger partial charge in [0, 0.05) is 23.0 Å². The number of hydrogen-bond donors (Lipinski definition) is 2. The zero-order valence-corrected chi connectivity index (χ0v) is 14.1. The predicted octanol–water partition coefficient (Wildman–Crippen LogP) is 2.27. The molecule has 7 nitrogen and oxygen atoms in total. The molecule has 25 heavy (non-hydrogen) atoms. The van der Waals surface area contributed by atoms with Gasteiger partial charge in [-0.3, -0.25) is 4.79 Å². The molecule has 1 aliphatic rings. The van der Waals surface area contributed by atoms with Crippen LogP contribution in [0, 0.1) is 0 Å². The molecule has 2 N–H and O–H groups in total. The van der Waals surface area contributed by atoms with Crippen LogP contribution in [0.25, 0.3) is 10.9 Å². The fourth-order valence-corrected chi connectivity index (χ4v) is 3.46. The Balaban J connectivity index is 1.77. The first-order valence-corrected chi connectivity index (χ1v) is 9.44. The van der Waals surface area contributed by atoms with E-state index in [0.717, 1.165) is 23.2 Å². The van der Waals surface area contributed by atoms with Crippen molar-refractivity contribution < 1.29 is 13.2 Å². The molecule has 0 saturated carbocycles. The topological polar surface area (TPSA) is 101 Å². The molecule has 0 saturated heterocycles. The van der Waals surface area contributed by atoms with E-state index in [1.165, 1.54) is 12.4 Å². The second kappa shape index (κ2) is 5.52. The summed E-state index contributed by atoms with van der Waals surface area (Å²) >= 11 is 0. The Morgan fingerprint density at radius 1 is 1.12 bits per heavy atom. The molecule has 126 valence electrons. The molecule has 1 aliphatic heterocycles. The smallest absolute Gasteiger partial charge is 0.228 e. The van der Waals surface area contributed by atoms with Crippen LogP contribution in [0.4, 0.5) is 17.2 Å². The molecule has 8 heteroatoms. The SMILES string of the molecule is CS(=O)(=O)c1ccc2ncnc(Nc3ccc4c(c3)CC(=O)N4)c2c1. The van der Waals surface area contributed by atoms with Gasteiger partial charge in [0.25, 0.3) is 0 Å². The van der Waals surface area contributed by atoms with Crippen molar-refractivity contribution in [3.8, 4) is 0 Å². The third-order valence-corrected chi connectivity index (χ3v) is 5.14. The zero-order valence-electron chi connectivity index (χ0n) is 13.3. The predicted molar refractivity (Wildman–Crippen MR) is 94.7 cm³/mol. The van der Waals surface area contributed by atoms with Crippen LogP contribution in [0.3, 0.4) is 0 Å². The Morgan fingerprint density at radius 3 is 2.76 bits per heavy atom. The number of nitrogens with one attached hydrogen (secondary N) is 2. The minimum absolute atomic E-state index is 0.0302. The molecule has 2 heterocycles. The summed E-state index contributed by atoms with van der Waals surface area (Å²) in [7, 11) is -3.33. The van der Waals surface area contributed by atoms with E-state index in [1.807, 2.05) is 18.2 Å². The molecule has 0 radical (unpaired) electrons. The number of hydrogen-bond acceptors (Lipinski definition) is 6. The molecular formula is C17H14N4O3S. The maximum atomic E-state index is 11.8. The lowest BCUT2D eigenvalue weighted by Crippen LogP contribution is -2.03. The van der Waals surface area contributed by atoms with Crippen molar-refractivity contribution in [3.05, 3.63) is 48.3 Å². The Bertz CT molecular complexity index is 1130. The van der Waals surface area contributed by atoms with Crippen molar-refractivity contribution in [2.45, 2.75) is 11.3 Å². The highest BCUT2D eigenvalue weighted by Crippen LogP contribution is 2.29. The molecule has 2 aromatic carbocycles. The van der Waals surface area contributed by atoms with Gasteiger partial charge in [-0.1, -0.05) is 0 Å². The van der Waals surface area contributed by atoms with E-state index in [-0.39, 0.29) is 10.8 Å². The van der Waals surface area contributed by atoms with Gasteiger partial charge in [0.2, 0.25) is 5.91 Å². The summed E-state index contributed by atoms with van der Waals surface area (Å²) in [5.74, 6) is 0.477. The minimum Gasteiger partial charge on any atom is -0.340 e. The number of rotatable bonds is 3. The number of aromatic nitrogens is 2. The molecule has 0 fully saturated rings. The lowest BCUT2D eigenvalue weighted by molar-refractivity contribution is -0.115. The van der Waals surface area contributed by atoms with E-state index in [2.05, 4.69) is 20.6 Å². The Hall–Kier alpha value is -3.00. The van der Waals surface area contributed by atoms with Crippen LogP contribution >= 0.6 is 0 Å². The maximum Gasteiger partial charge on any atom is 0.228 e. The molecule has 0 spiro atoms. The van der Waals surface area contributed by atoms with Crippen molar-refractivity contribution in [2.75, 3.05) is 16.9 Å². The number of sulfone groups is 1. The summed E-state index contributed by atoms with van der Waals surface area (Å²) in [6.07, 6.45) is 2.92. The largest absolute Gasteiger partial charge is 0.340 e. The lowest BCUT2D eigenvalue weighted by atomic mass is 10.1. The van der Waals surface area contributed by atoms with Gasteiger partial charge >= 0.3 is 0 Å². The first-order valence-electron chi connectivity index (χ1n) is 7.55. The van der Waals surface area contributed by atoms with Crippen molar-refractivity contribution in [1.29, 1.82) is 0 Å². The van der Waals surface area contributed by atoms with Gasteiger partial charge in [-0.15, -0.1) is 0 Å². The molecule has 0 unspecified atom stereocenters. The number of carbonyl (C=O) groups excluding carboxylic acids is 1. The number of carbonyl (C=O) groups is 1. The number of benzene rings is 2. The highest BCUT2D eigenvalue weighted by molar-refractivity contribution is 7.90. The van der Waals surface area contributed by atoms with Crippen LogP contribution in [0.1, 0.15) is 5.56 Å². The van der Waals surface area contributed by atoms with Crippen LogP contribution in [0.15, 0.2) is 47.6 Å². The van der Waals surface area contributed by atoms with Crippen molar-refractivity contribution in [3.63, 3.8) is 0 Å². The molecule has 3 aromatic rings. The summed E-state index contributed by atoms with van der Waals surface area (Å²) in [6.45, 7) is 0. The summed E-state index contributed by atoms with van der Waals surface area (Å²) in [6, 6.07) is 10.3. The molecule has 0 aliphatic carbocycles. The zero-order chi connectivity index (χ0) is 17.6. The van der Waals surface area contributed by atoms with Crippen molar-refractivity contribution in [2.24, 2.45) is 0 Å². The van der Waals surface area contributed by atoms with E-state index in [0.29, 0.717) is 23.1 Å². The Morgan fingerprint density at radius 2 is 1.96 bits per heavy atom. The van der Waals surface area contributed by atoms with Gasteiger partial charge in [0.1, 0.15) is 12.1 Å². The second-order valence-corrected chi connectivity index (χ2v) is 7.91. The summed E-state index contributed by atoms with van der Waals surface area (Å²) in [5.41, 5.74) is 3.12. The first-order chi connectivity index (χ1) is 11.9. The van der Waals surface area contributed by atoms with Gasteiger partial charge in [-0.05, 0) is 42.0 Å². The van der Waals surface area contributed by atoms with E-state index in [1.54, 1.807) is 12.1 Å². The third kappa shape index (κ3) is 2.91. The standard InChI is InChI=1S/C17H14N4O3S/c1-25(23,24)12-3-5-15-13(8-12)17(19-9-18-15)20-11-2-4-14-10(6-11)7-16(22)21-14/h2-6,8-9H,7H2,1H3,(H,21,22)(H,18,19,20). The number of amides is 1. The van der Waals surface area contributed by atoms with Crippen LogP contribution in [0.5, 0.6) is 0 Å². The molecule has 1 aromatic heterocycles. The number of fused-ring (bicyclic) bond motifs is 2. The lowest BCUT2D eigenvalue weighted by Gasteiger charge is -2.10. The van der Waals surface area contributed by atoms with Crippen LogP contribution in [-0.2, 0) is 21.1 Å². The fraction of sp³-hybridized carbons (Fsp3) is 0.118. The van der Waals surface area contributed by atoms with Crippen molar-refractivity contribution >= 4 is 43.8 Å². The summed E-state index contributed by atoms with van der Waals surface area (Å²) in [5, 5.41) is 6.58. The Kier molecular flexibility index (Phi) is 3.43. The van der Waals surface area contributed by atoms with Gasteiger partial charge in [-0.25, -0.2) is 18.4 Å².